The molecule has 3 N–H and O–H groups in total. The molecular weight excluding hydrogens is 472 g/mol. The normalized spacial score (nSPS) is 20.6. The quantitative estimate of drug-likeness (QED) is 0.551. The molecule has 2 aliphatic rings. The van der Waals surface area contributed by atoms with E-state index in [2.05, 4.69) is 15.5 Å². The summed E-state index contributed by atoms with van der Waals surface area (Å²) in [7, 11) is -3.44. The minimum atomic E-state index is -3.44. The fraction of sp³-hybridized carbons (Fsp3) is 0.429. The minimum absolute atomic E-state index is 0.126. The highest BCUT2D eigenvalue weighted by Crippen LogP contribution is 2.36. The monoisotopic (exact) mass is 494 g/mol. The van der Waals surface area contributed by atoms with E-state index < -0.39 is 26.7 Å². The number of halogens is 1. The van der Waals surface area contributed by atoms with Crippen molar-refractivity contribution in [1.29, 1.82) is 5.26 Å². The zero-order valence-corrected chi connectivity index (χ0v) is 19.1. The van der Waals surface area contributed by atoms with Gasteiger partial charge in [0.05, 0.1) is 27.8 Å². The first-order valence-electron chi connectivity index (χ1n) is 10.2. The van der Waals surface area contributed by atoms with Crippen LogP contribution in [0.4, 0.5) is 4.79 Å². The molecule has 0 bridgehead atoms. The summed E-state index contributed by atoms with van der Waals surface area (Å²) < 4.78 is 31.0. The summed E-state index contributed by atoms with van der Waals surface area (Å²) >= 11 is 6.04. The lowest BCUT2D eigenvalue weighted by Gasteiger charge is -2.14. The van der Waals surface area contributed by atoms with Gasteiger partial charge in [0, 0.05) is 12.1 Å². The number of amides is 1. The molecule has 2 saturated carbocycles. The number of carboxylic acid groups (broad SMARTS) is 1. The second kappa shape index (κ2) is 10.2. The summed E-state index contributed by atoms with van der Waals surface area (Å²) in [5.41, 5.74) is -1.03. The highest BCUT2D eigenvalue weighted by molar-refractivity contribution is 7.92. The number of ether oxygens (including phenoxy) is 1. The van der Waals surface area contributed by atoms with Crippen molar-refractivity contribution in [2.24, 2.45) is 5.92 Å². The second-order valence-electron chi connectivity index (χ2n) is 7.97. The van der Waals surface area contributed by atoms with Crippen LogP contribution >= 0.6 is 11.6 Å². The molecular formula is C21H23ClN4O6S. The van der Waals surface area contributed by atoms with Crippen LogP contribution in [0.15, 0.2) is 46.1 Å². The van der Waals surface area contributed by atoms with Gasteiger partial charge in [-0.15, -0.1) is 5.10 Å². The number of nitrogens with one attached hydrogen (secondary N) is 2. The molecule has 1 aromatic carbocycles. The molecule has 10 nitrogen and oxygen atoms in total. The van der Waals surface area contributed by atoms with Gasteiger partial charge in [0.1, 0.15) is 5.54 Å². The highest BCUT2D eigenvalue weighted by Gasteiger charge is 2.44. The Hall–Kier alpha value is -3.10. The number of nitrogens with zero attached hydrogens (tertiary/aromatic N) is 2. The molecule has 12 heteroatoms. The second-order valence-corrected chi connectivity index (χ2v) is 10.6. The smallest absolute Gasteiger partial charge is 0.405 e. The topological polar surface area (TPSA) is 162 Å². The zero-order chi connectivity index (χ0) is 24.1. The van der Waals surface area contributed by atoms with Crippen LogP contribution in [0.3, 0.4) is 0 Å². The molecule has 1 amide bonds. The number of aromatic nitrogens is 2. The van der Waals surface area contributed by atoms with Gasteiger partial charge in [0.2, 0.25) is 5.88 Å². The minimum Gasteiger partial charge on any atom is -0.476 e. The average molecular weight is 495 g/mol. The number of rotatable bonds is 6. The third-order valence-electron chi connectivity index (χ3n) is 5.51. The van der Waals surface area contributed by atoms with Gasteiger partial charge in [-0.2, -0.15) is 5.26 Å². The van der Waals surface area contributed by atoms with E-state index >= 15 is 0 Å². The van der Waals surface area contributed by atoms with Crippen molar-refractivity contribution >= 4 is 27.5 Å². The third-order valence-corrected chi connectivity index (χ3v) is 8.22. The molecule has 1 aromatic heterocycles. The van der Waals surface area contributed by atoms with Crippen molar-refractivity contribution in [3.63, 3.8) is 0 Å². The van der Waals surface area contributed by atoms with Gasteiger partial charge in [-0.05, 0) is 50.2 Å². The summed E-state index contributed by atoms with van der Waals surface area (Å²) in [6, 6.07) is 11.2. The van der Waals surface area contributed by atoms with E-state index in [0.29, 0.717) is 38.2 Å². The molecule has 2 fully saturated rings. The fourth-order valence-electron chi connectivity index (χ4n) is 3.53. The Kier molecular flexibility index (Phi) is 7.61. The maximum atomic E-state index is 12.7. The fourth-order valence-corrected chi connectivity index (χ4v) is 5.92. The number of benzene rings is 1. The van der Waals surface area contributed by atoms with Gasteiger partial charge in [-0.25, -0.2) is 18.3 Å². The predicted octanol–water partition coefficient (Wildman–Crippen LogP) is 2.75. The summed E-state index contributed by atoms with van der Waals surface area (Å²) in [4.78, 5) is 21.1. The number of aromatic amines is 1. The van der Waals surface area contributed by atoms with Crippen molar-refractivity contribution in [1.82, 2.24) is 15.5 Å². The zero-order valence-electron chi connectivity index (χ0n) is 17.5. The summed E-state index contributed by atoms with van der Waals surface area (Å²) in [5.74, 6) is 0.452. The first-order valence-corrected chi connectivity index (χ1v) is 12.2. The van der Waals surface area contributed by atoms with Crippen LogP contribution in [0.2, 0.25) is 5.02 Å². The average Bonchev–Trinajstić information content (AvgIpc) is 3.37. The summed E-state index contributed by atoms with van der Waals surface area (Å²) in [5, 5.41) is 24.5. The van der Waals surface area contributed by atoms with Crippen molar-refractivity contribution in [2.45, 2.75) is 47.8 Å². The van der Waals surface area contributed by atoms with Gasteiger partial charge >= 0.3 is 6.09 Å². The van der Waals surface area contributed by atoms with Crippen molar-refractivity contribution in [3.8, 4) is 11.9 Å². The van der Waals surface area contributed by atoms with Gasteiger partial charge in [-0.1, -0.05) is 23.7 Å². The Labute approximate surface area is 195 Å². The lowest BCUT2D eigenvalue weighted by Crippen LogP contribution is -2.33. The van der Waals surface area contributed by atoms with E-state index in [0.717, 1.165) is 6.42 Å². The Morgan fingerprint density at radius 3 is 2.58 bits per heavy atom. The Morgan fingerprint density at radius 1 is 1.30 bits per heavy atom. The maximum absolute atomic E-state index is 12.7. The van der Waals surface area contributed by atoms with Crippen LogP contribution in [0.1, 0.15) is 32.1 Å². The van der Waals surface area contributed by atoms with Gasteiger partial charge in [-0.3, -0.25) is 4.79 Å². The summed E-state index contributed by atoms with van der Waals surface area (Å²) in [6.45, 7) is 0.369. The molecule has 176 valence electrons. The molecule has 2 aromatic rings. The molecule has 0 saturated heterocycles. The highest BCUT2D eigenvalue weighted by atomic mass is 35.5. The van der Waals surface area contributed by atoms with Crippen molar-refractivity contribution in [3.05, 3.63) is 51.8 Å². The van der Waals surface area contributed by atoms with Gasteiger partial charge in [0.25, 0.3) is 5.56 Å². The number of carbonyl (C=O) groups is 1. The third kappa shape index (κ3) is 6.46. The predicted molar refractivity (Wildman–Crippen MR) is 119 cm³/mol. The van der Waals surface area contributed by atoms with E-state index in [-0.39, 0.29) is 21.4 Å². The van der Waals surface area contributed by atoms with Gasteiger partial charge < -0.3 is 15.2 Å². The number of hydrogen-bond donors (Lipinski definition) is 3. The van der Waals surface area contributed by atoms with Crippen molar-refractivity contribution < 1.29 is 23.1 Å². The van der Waals surface area contributed by atoms with Gasteiger partial charge in [0.15, 0.2) is 9.84 Å². The molecule has 0 radical (unpaired) electrons. The van der Waals surface area contributed by atoms with Crippen LogP contribution < -0.4 is 15.6 Å². The number of hydrogen-bond acceptors (Lipinski definition) is 7. The van der Waals surface area contributed by atoms with E-state index in [4.69, 9.17) is 26.7 Å². The SMILES string of the molecule is N#CC1(NC(=O)O)CC1.O=c1ccc(OC[C@@H]2CC[C@H](S(=O)(=O)c3ccccc3Cl)C2)n[nH]1. The van der Waals surface area contributed by atoms with E-state index in [9.17, 15) is 18.0 Å². The van der Waals surface area contributed by atoms with Crippen molar-refractivity contribution in [2.75, 3.05) is 6.61 Å². The van der Waals surface area contributed by atoms with Crippen LogP contribution in [0.5, 0.6) is 5.88 Å². The molecule has 33 heavy (non-hydrogen) atoms. The molecule has 0 aliphatic heterocycles. The standard InChI is InChI=1S/C16H17ClN2O4S.C5H6N2O2/c17-13-3-1-2-4-14(13)24(21,22)12-6-5-11(9-12)10-23-16-8-7-15(20)18-19-16;6-3-5(1-2-5)7-4(8)9/h1-4,7-8,11-12H,5-6,9-10H2,(H,18,20);7H,1-2H2,(H,8,9)/t11-,12+;/m1./s1. The molecule has 2 aliphatic carbocycles. The first-order chi connectivity index (χ1) is 15.6. The Morgan fingerprint density at radius 2 is 2.03 bits per heavy atom. The molecule has 1 heterocycles. The first kappa shape index (κ1) is 24.5. The molecule has 2 atom stereocenters. The lowest BCUT2D eigenvalue weighted by molar-refractivity contribution is 0.191. The Bertz CT molecular complexity index is 1190. The Balaban J connectivity index is 0.000000286. The maximum Gasteiger partial charge on any atom is 0.405 e. The molecule has 4 rings (SSSR count). The van der Waals surface area contributed by atoms with E-state index in [1.165, 1.54) is 12.1 Å². The summed E-state index contributed by atoms with van der Waals surface area (Å²) in [6.07, 6.45) is 2.05. The van der Waals surface area contributed by atoms with Crippen LogP contribution in [0.25, 0.3) is 0 Å². The number of nitriles is 1. The van der Waals surface area contributed by atoms with Crippen LogP contribution in [-0.4, -0.2) is 47.2 Å². The van der Waals surface area contributed by atoms with Crippen LogP contribution in [-0.2, 0) is 9.84 Å². The van der Waals surface area contributed by atoms with Crippen LogP contribution in [0, 0.1) is 17.2 Å². The lowest BCUT2D eigenvalue weighted by atomic mass is 10.1. The van der Waals surface area contributed by atoms with E-state index in [1.54, 1.807) is 24.3 Å². The molecule has 0 spiro atoms. The van der Waals surface area contributed by atoms with E-state index in [1.807, 2.05) is 6.07 Å². The number of sulfone groups is 1. The number of H-pyrrole nitrogens is 1. The molecule has 0 unspecified atom stereocenters. The largest absolute Gasteiger partial charge is 0.476 e.